The van der Waals surface area contributed by atoms with Crippen LogP contribution in [-0.2, 0) is 17.9 Å². The minimum Gasteiger partial charge on any atom is -0.459 e. The summed E-state index contributed by atoms with van der Waals surface area (Å²) in [4.78, 5) is 12.2. The average Bonchev–Trinajstić information content (AvgIpc) is 3.29. The molecule has 1 fully saturated rings. The first-order valence-corrected chi connectivity index (χ1v) is 11.6. The Kier molecular flexibility index (Phi) is 6.53. The van der Waals surface area contributed by atoms with Crippen LogP contribution >= 0.6 is 11.8 Å². The zero-order valence-electron chi connectivity index (χ0n) is 18.0. The number of hydrogen-bond acceptors (Lipinski definition) is 8. The summed E-state index contributed by atoms with van der Waals surface area (Å²) >= 11 is 1.53. The second kappa shape index (κ2) is 10.0. The third kappa shape index (κ3) is 5.17. The Bertz CT molecular complexity index is 1170. The van der Waals surface area contributed by atoms with E-state index in [-0.39, 0.29) is 6.01 Å². The predicted molar refractivity (Wildman–Crippen MR) is 127 cm³/mol. The van der Waals surface area contributed by atoms with E-state index in [2.05, 4.69) is 50.5 Å². The largest absolute Gasteiger partial charge is 0.459 e. The molecule has 3 heterocycles. The third-order valence-electron chi connectivity index (χ3n) is 5.48. The maximum Gasteiger partial charge on any atom is 0.317 e. The van der Waals surface area contributed by atoms with Gasteiger partial charge in [-0.1, -0.05) is 48.2 Å². The van der Waals surface area contributed by atoms with E-state index >= 15 is 0 Å². The van der Waals surface area contributed by atoms with Crippen molar-refractivity contribution in [3.8, 4) is 12.1 Å². The number of nitrogens with zero attached hydrogens (tertiary/aromatic N) is 4. The second-order valence-corrected chi connectivity index (χ2v) is 8.81. The summed E-state index contributed by atoms with van der Waals surface area (Å²) in [5.41, 5.74) is 4.30. The van der Waals surface area contributed by atoms with Gasteiger partial charge in [0.1, 0.15) is 18.2 Å². The summed E-state index contributed by atoms with van der Waals surface area (Å²) in [6, 6.07) is 20.6. The molecule has 0 spiro atoms. The topological polar surface area (TPSA) is 83.3 Å². The standard InChI is InChI=1S/C25H23N5O2S/c26-15-20(24-28-22-3-1-2-4-23(22)33-24)21-9-10-27-25(29-21)32-17-19-7-5-18(6-8-19)16-30-11-13-31-14-12-30/h1-10,28H,11-14,16-17H2. The number of nitriles is 1. The summed E-state index contributed by atoms with van der Waals surface area (Å²) in [7, 11) is 0. The van der Waals surface area contributed by atoms with Gasteiger partial charge in [0.25, 0.3) is 0 Å². The highest BCUT2D eigenvalue weighted by Crippen LogP contribution is 2.43. The molecule has 0 saturated carbocycles. The quantitative estimate of drug-likeness (QED) is 0.549. The lowest BCUT2D eigenvalue weighted by Crippen LogP contribution is -2.35. The van der Waals surface area contributed by atoms with Crippen molar-refractivity contribution in [2.45, 2.75) is 18.0 Å². The molecular formula is C25H23N5O2S. The van der Waals surface area contributed by atoms with Crippen LogP contribution in [0.1, 0.15) is 16.8 Å². The maximum absolute atomic E-state index is 9.79. The van der Waals surface area contributed by atoms with E-state index < -0.39 is 0 Å². The zero-order valence-corrected chi connectivity index (χ0v) is 18.8. The van der Waals surface area contributed by atoms with Crippen molar-refractivity contribution in [1.29, 1.82) is 5.26 Å². The fourth-order valence-electron chi connectivity index (χ4n) is 3.71. The molecule has 0 radical (unpaired) electrons. The van der Waals surface area contributed by atoms with Crippen LogP contribution in [0.3, 0.4) is 0 Å². The number of anilines is 1. The molecule has 0 bridgehead atoms. The average molecular weight is 458 g/mol. The molecule has 8 heteroatoms. The molecule has 0 aliphatic carbocycles. The highest BCUT2D eigenvalue weighted by molar-refractivity contribution is 8.04. The summed E-state index contributed by atoms with van der Waals surface area (Å²) in [6.45, 7) is 4.84. The predicted octanol–water partition coefficient (Wildman–Crippen LogP) is 4.30. The Morgan fingerprint density at radius 2 is 1.88 bits per heavy atom. The maximum atomic E-state index is 9.79. The van der Waals surface area contributed by atoms with E-state index in [1.54, 1.807) is 12.3 Å². The van der Waals surface area contributed by atoms with Crippen molar-refractivity contribution < 1.29 is 9.47 Å². The molecule has 1 aromatic heterocycles. The van der Waals surface area contributed by atoms with Crippen LogP contribution in [0.5, 0.6) is 6.01 Å². The van der Waals surface area contributed by atoms with Gasteiger partial charge < -0.3 is 14.8 Å². The number of morpholine rings is 1. The van der Waals surface area contributed by atoms with E-state index in [4.69, 9.17) is 9.47 Å². The molecule has 33 heavy (non-hydrogen) atoms. The fourth-order valence-corrected chi connectivity index (χ4v) is 4.72. The minimum absolute atomic E-state index is 0.249. The summed E-state index contributed by atoms with van der Waals surface area (Å²) < 4.78 is 11.2. The molecule has 0 unspecified atom stereocenters. The third-order valence-corrected chi connectivity index (χ3v) is 6.56. The van der Waals surface area contributed by atoms with E-state index in [1.807, 2.05) is 24.3 Å². The van der Waals surface area contributed by atoms with Gasteiger partial charge in [-0.15, -0.1) is 0 Å². The number of rotatable bonds is 6. The van der Waals surface area contributed by atoms with Crippen molar-refractivity contribution in [1.82, 2.24) is 14.9 Å². The van der Waals surface area contributed by atoms with Gasteiger partial charge >= 0.3 is 6.01 Å². The number of hydrogen-bond donors (Lipinski definition) is 1. The lowest BCUT2D eigenvalue weighted by molar-refractivity contribution is 0.0342. The number of aromatic nitrogens is 2. The Morgan fingerprint density at radius 3 is 2.67 bits per heavy atom. The molecule has 2 aliphatic rings. The van der Waals surface area contributed by atoms with Crippen molar-refractivity contribution in [3.63, 3.8) is 0 Å². The van der Waals surface area contributed by atoms with Gasteiger partial charge in [0.2, 0.25) is 0 Å². The highest BCUT2D eigenvalue weighted by atomic mass is 32.2. The monoisotopic (exact) mass is 457 g/mol. The smallest absolute Gasteiger partial charge is 0.317 e. The Labute approximate surface area is 197 Å². The van der Waals surface area contributed by atoms with Crippen molar-refractivity contribution in [3.05, 3.63) is 82.6 Å². The molecule has 1 saturated heterocycles. The number of thioether (sulfide) groups is 1. The molecule has 166 valence electrons. The fraction of sp³-hybridized carbons (Fsp3) is 0.240. The Balaban J connectivity index is 1.23. The van der Waals surface area contributed by atoms with Crippen molar-refractivity contribution in [2.24, 2.45) is 0 Å². The molecule has 1 N–H and O–H groups in total. The van der Waals surface area contributed by atoms with Gasteiger partial charge in [0.05, 0.1) is 29.6 Å². The SMILES string of the molecule is N#CC(=C1Nc2ccccc2S1)c1ccnc(OCc2ccc(CN3CCOCC3)cc2)n1. The molecule has 0 atom stereocenters. The normalized spacial score (nSPS) is 17.1. The van der Waals surface area contributed by atoms with Gasteiger partial charge in [-0.05, 0) is 29.3 Å². The van der Waals surface area contributed by atoms with Crippen LogP contribution in [0.2, 0.25) is 0 Å². The van der Waals surface area contributed by atoms with Crippen molar-refractivity contribution >= 4 is 23.0 Å². The van der Waals surface area contributed by atoms with E-state index in [0.29, 0.717) is 17.9 Å². The Morgan fingerprint density at radius 1 is 1.09 bits per heavy atom. The van der Waals surface area contributed by atoms with Gasteiger partial charge in [-0.25, -0.2) is 4.98 Å². The molecule has 2 aliphatic heterocycles. The first-order chi connectivity index (χ1) is 16.3. The molecule has 3 aromatic rings. The second-order valence-electron chi connectivity index (χ2n) is 7.76. The first kappa shape index (κ1) is 21.5. The lowest BCUT2D eigenvalue weighted by Gasteiger charge is -2.26. The van der Waals surface area contributed by atoms with Crippen LogP contribution in [-0.4, -0.2) is 41.2 Å². The summed E-state index contributed by atoms with van der Waals surface area (Å²) in [5, 5.41) is 13.9. The molecule has 2 aromatic carbocycles. The molecular weight excluding hydrogens is 434 g/mol. The summed E-state index contributed by atoms with van der Waals surface area (Å²) in [5.74, 6) is 0. The Hall–Kier alpha value is -3.38. The van der Waals surface area contributed by atoms with Crippen LogP contribution in [0, 0.1) is 11.3 Å². The minimum atomic E-state index is 0.249. The summed E-state index contributed by atoms with van der Waals surface area (Å²) in [6.07, 6.45) is 1.62. The zero-order chi connectivity index (χ0) is 22.5. The van der Waals surface area contributed by atoms with Gasteiger partial charge in [-0.3, -0.25) is 4.90 Å². The molecule has 5 rings (SSSR count). The number of ether oxygens (including phenoxy) is 2. The number of para-hydroxylation sites is 1. The number of benzene rings is 2. The highest BCUT2D eigenvalue weighted by Gasteiger charge is 2.21. The molecule has 7 nitrogen and oxygen atoms in total. The number of allylic oxidation sites excluding steroid dienone is 1. The van der Waals surface area contributed by atoms with Crippen LogP contribution < -0.4 is 10.1 Å². The molecule has 0 amide bonds. The lowest BCUT2D eigenvalue weighted by atomic mass is 10.1. The van der Waals surface area contributed by atoms with E-state index in [9.17, 15) is 5.26 Å². The first-order valence-electron chi connectivity index (χ1n) is 10.8. The van der Waals surface area contributed by atoms with Crippen LogP contribution in [0.15, 0.2) is 70.7 Å². The van der Waals surface area contributed by atoms with E-state index in [1.165, 1.54) is 17.3 Å². The van der Waals surface area contributed by atoms with Crippen LogP contribution in [0.25, 0.3) is 5.57 Å². The van der Waals surface area contributed by atoms with Gasteiger partial charge in [0, 0.05) is 30.7 Å². The van der Waals surface area contributed by atoms with Gasteiger partial charge in [0.15, 0.2) is 0 Å². The van der Waals surface area contributed by atoms with Gasteiger partial charge in [-0.2, -0.15) is 10.2 Å². The number of nitrogens with one attached hydrogen (secondary N) is 1. The van der Waals surface area contributed by atoms with E-state index in [0.717, 1.165) is 54.0 Å². The number of fused-ring (bicyclic) bond motifs is 1. The van der Waals surface area contributed by atoms with Crippen LogP contribution in [0.4, 0.5) is 5.69 Å². The van der Waals surface area contributed by atoms with Crippen molar-refractivity contribution in [2.75, 3.05) is 31.6 Å².